The smallest absolute Gasteiger partial charge is 0.257 e. The fourth-order valence-electron chi connectivity index (χ4n) is 4.25. The summed E-state index contributed by atoms with van der Waals surface area (Å²) in [4.78, 5) is 34.0. The van der Waals surface area contributed by atoms with Crippen molar-refractivity contribution in [3.05, 3.63) is 12.2 Å². The van der Waals surface area contributed by atoms with Gasteiger partial charge in [-0.25, -0.2) is 4.99 Å². The lowest BCUT2D eigenvalue weighted by atomic mass is 9.88. The van der Waals surface area contributed by atoms with Gasteiger partial charge >= 0.3 is 0 Å². The molecule has 2 heterocycles. The maximum absolute atomic E-state index is 13.3. The number of carbonyl (C=O) groups is 2. The van der Waals surface area contributed by atoms with Gasteiger partial charge in [0.1, 0.15) is 5.54 Å². The number of unbranched alkanes of at least 4 members (excludes halogenated alkanes) is 1. The summed E-state index contributed by atoms with van der Waals surface area (Å²) in [6.45, 7) is 5.52. The minimum absolute atomic E-state index is 0.0503. The molecule has 2 N–H and O–H groups in total. The molecule has 1 saturated carbocycles. The van der Waals surface area contributed by atoms with Crippen LogP contribution < -0.4 is 5.73 Å². The number of rotatable bonds is 8. The normalized spacial score (nSPS) is 26.9. The van der Waals surface area contributed by atoms with E-state index in [1.807, 2.05) is 24.0 Å². The first-order valence-corrected chi connectivity index (χ1v) is 10.6. The fourth-order valence-corrected chi connectivity index (χ4v) is 4.25. The van der Waals surface area contributed by atoms with Crippen LogP contribution in [-0.2, 0) is 9.59 Å². The topological polar surface area (TPSA) is 79.0 Å². The zero-order chi connectivity index (χ0) is 19.4. The van der Waals surface area contributed by atoms with Crippen molar-refractivity contribution in [1.29, 1.82) is 0 Å². The summed E-state index contributed by atoms with van der Waals surface area (Å²) >= 11 is 0. The van der Waals surface area contributed by atoms with Crippen molar-refractivity contribution in [2.75, 3.05) is 13.1 Å². The second-order valence-corrected chi connectivity index (χ2v) is 8.31. The number of nitrogens with two attached hydrogens (primary N) is 1. The molecule has 0 aromatic heterocycles. The van der Waals surface area contributed by atoms with Gasteiger partial charge in [-0.15, -0.1) is 0 Å². The van der Waals surface area contributed by atoms with Crippen LogP contribution in [-0.4, -0.2) is 52.2 Å². The number of hydrogen-bond donors (Lipinski definition) is 1. The Labute approximate surface area is 162 Å². The summed E-state index contributed by atoms with van der Waals surface area (Å²) in [5, 5.41) is 0. The van der Waals surface area contributed by atoms with Gasteiger partial charge in [-0.05, 0) is 51.4 Å². The van der Waals surface area contributed by atoms with Crippen molar-refractivity contribution in [2.24, 2.45) is 16.6 Å². The minimum atomic E-state index is -0.731. The lowest BCUT2D eigenvalue weighted by molar-refractivity contribution is -0.135. The van der Waals surface area contributed by atoms with Crippen LogP contribution in [0.3, 0.4) is 0 Å². The molecule has 3 aliphatic rings. The third-order valence-electron chi connectivity index (χ3n) is 6.17. The number of carbonyl (C=O) groups excluding carboxylic acids is 2. The van der Waals surface area contributed by atoms with Crippen LogP contribution in [0.25, 0.3) is 0 Å². The molecule has 3 rings (SSSR count). The van der Waals surface area contributed by atoms with E-state index in [1.54, 1.807) is 4.90 Å². The van der Waals surface area contributed by atoms with Gasteiger partial charge in [-0.3, -0.25) is 14.5 Å². The Morgan fingerprint density at radius 2 is 2.00 bits per heavy atom. The molecule has 2 fully saturated rings. The van der Waals surface area contributed by atoms with Crippen LogP contribution in [0.1, 0.15) is 71.6 Å². The lowest BCUT2D eigenvalue weighted by Crippen LogP contribution is -2.53. The van der Waals surface area contributed by atoms with Gasteiger partial charge < -0.3 is 10.6 Å². The molecule has 150 valence electrons. The number of guanidine groups is 1. The molecule has 2 amide bonds. The molecular formula is C21H34N4O2. The molecule has 0 spiro atoms. The van der Waals surface area contributed by atoms with Gasteiger partial charge in [0, 0.05) is 25.6 Å². The van der Waals surface area contributed by atoms with Gasteiger partial charge in [0.15, 0.2) is 5.96 Å². The predicted molar refractivity (Wildman–Crippen MR) is 107 cm³/mol. The molecule has 0 radical (unpaired) electrons. The summed E-state index contributed by atoms with van der Waals surface area (Å²) in [5.74, 6) is 1.30. The highest BCUT2D eigenvalue weighted by atomic mass is 16.2. The van der Waals surface area contributed by atoms with Crippen LogP contribution in [0.15, 0.2) is 17.1 Å². The summed E-state index contributed by atoms with van der Waals surface area (Å²) in [7, 11) is 0. The third-order valence-corrected chi connectivity index (χ3v) is 6.17. The highest BCUT2D eigenvalue weighted by Crippen LogP contribution is 2.35. The first-order valence-electron chi connectivity index (χ1n) is 10.6. The largest absolute Gasteiger partial charge is 0.369 e. The average Bonchev–Trinajstić information content (AvgIpc) is 3.44. The van der Waals surface area contributed by atoms with E-state index < -0.39 is 5.54 Å². The third kappa shape index (κ3) is 4.36. The van der Waals surface area contributed by atoms with Crippen LogP contribution in [0.2, 0.25) is 0 Å². The number of aliphatic imine (C=N–C) groups is 1. The summed E-state index contributed by atoms with van der Waals surface area (Å²) < 4.78 is 0. The van der Waals surface area contributed by atoms with Crippen molar-refractivity contribution in [3.8, 4) is 0 Å². The van der Waals surface area contributed by atoms with E-state index in [0.29, 0.717) is 37.8 Å². The van der Waals surface area contributed by atoms with Crippen LogP contribution in [0, 0.1) is 5.92 Å². The predicted octanol–water partition coefficient (Wildman–Crippen LogP) is 2.83. The Hall–Kier alpha value is -1.85. The second-order valence-electron chi connectivity index (χ2n) is 8.31. The number of allylic oxidation sites excluding steroid dienone is 1. The Bertz CT molecular complexity index is 618. The molecule has 6 nitrogen and oxygen atoms in total. The molecular weight excluding hydrogens is 340 g/mol. The Balaban J connectivity index is 1.64. The highest BCUT2D eigenvalue weighted by molar-refractivity contribution is 6.07. The molecule has 0 bridgehead atoms. The van der Waals surface area contributed by atoms with Crippen molar-refractivity contribution < 1.29 is 9.59 Å². The van der Waals surface area contributed by atoms with E-state index in [1.165, 1.54) is 12.8 Å². The maximum atomic E-state index is 13.3. The number of piperidine rings is 1. The van der Waals surface area contributed by atoms with Crippen LogP contribution in [0.5, 0.6) is 0 Å². The van der Waals surface area contributed by atoms with E-state index in [2.05, 4.69) is 11.9 Å². The first-order chi connectivity index (χ1) is 13.0. The lowest BCUT2D eigenvalue weighted by Gasteiger charge is -2.37. The molecule has 1 saturated heterocycles. The fraction of sp³-hybridized carbons (Fsp3) is 0.762. The molecule has 27 heavy (non-hydrogen) atoms. The van der Waals surface area contributed by atoms with Gasteiger partial charge in [0.05, 0.1) is 0 Å². The molecule has 6 heteroatoms. The molecule has 1 aliphatic carbocycles. The quantitative estimate of drug-likeness (QED) is 0.664. The standard InChI is InChI=1S/C21H34N4O2/c1-3-5-11-21(12-6-4-2)19(27)25(20(22)23-21)17-9-13-24(14-10-17)18(26)15-16-7-8-16/h3,5,16-17H,4,6-15H2,1-2H3,(H2,22,23)/b5-3+. The molecule has 1 unspecified atom stereocenters. The van der Waals surface area contributed by atoms with E-state index in [0.717, 1.165) is 32.1 Å². The molecule has 0 aromatic carbocycles. The monoisotopic (exact) mass is 374 g/mol. The van der Waals surface area contributed by atoms with E-state index >= 15 is 0 Å². The maximum Gasteiger partial charge on any atom is 0.257 e. The summed E-state index contributed by atoms with van der Waals surface area (Å²) in [6.07, 6.45) is 12.0. The Kier molecular flexibility index (Phi) is 6.22. The number of nitrogens with zero attached hydrogens (tertiary/aromatic N) is 3. The van der Waals surface area contributed by atoms with Gasteiger partial charge in [-0.2, -0.15) is 0 Å². The second kappa shape index (κ2) is 8.44. The van der Waals surface area contributed by atoms with Crippen molar-refractivity contribution in [3.63, 3.8) is 0 Å². The van der Waals surface area contributed by atoms with E-state index in [-0.39, 0.29) is 17.9 Å². The van der Waals surface area contributed by atoms with Crippen molar-refractivity contribution >= 4 is 17.8 Å². The minimum Gasteiger partial charge on any atom is -0.369 e. The van der Waals surface area contributed by atoms with Crippen LogP contribution >= 0.6 is 0 Å². The molecule has 1 atom stereocenters. The average molecular weight is 375 g/mol. The summed E-state index contributed by atoms with van der Waals surface area (Å²) in [6, 6.07) is 0.0559. The molecule has 2 aliphatic heterocycles. The van der Waals surface area contributed by atoms with Gasteiger partial charge in [0.25, 0.3) is 5.91 Å². The summed E-state index contributed by atoms with van der Waals surface area (Å²) in [5.41, 5.74) is 5.51. The van der Waals surface area contributed by atoms with Crippen molar-refractivity contribution in [2.45, 2.75) is 83.2 Å². The Morgan fingerprint density at radius 1 is 1.30 bits per heavy atom. The number of hydrogen-bond acceptors (Lipinski definition) is 4. The zero-order valence-corrected chi connectivity index (χ0v) is 16.8. The Morgan fingerprint density at radius 3 is 2.59 bits per heavy atom. The molecule has 0 aromatic rings. The first kappa shape index (κ1) is 19.9. The van der Waals surface area contributed by atoms with Crippen molar-refractivity contribution in [1.82, 2.24) is 9.80 Å². The number of likely N-dealkylation sites (tertiary alicyclic amines) is 1. The zero-order valence-electron chi connectivity index (χ0n) is 16.8. The SMILES string of the molecule is C/C=C/CC1(CCCC)N=C(N)N(C2CCN(C(=O)CC3CC3)CC2)C1=O. The van der Waals surface area contributed by atoms with E-state index in [9.17, 15) is 9.59 Å². The van der Waals surface area contributed by atoms with E-state index in [4.69, 9.17) is 5.73 Å². The van der Waals surface area contributed by atoms with Gasteiger partial charge in [0.2, 0.25) is 5.91 Å². The van der Waals surface area contributed by atoms with Gasteiger partial charge in [-0.1, -0.05) is 31.9 Å². The number of amides is 2. The van der Waals surface area contributed by atoms with Crippen LogP contribution in [0.4, 0.5) is 0 Å². The highest BCUT2D eigenvalue weighted by Gasteiger charge is 2.49.